The first-order valence-electron chi connectivity index (χ1n) is 4.41. The highest BCUT2D eigenvalue weighted by atomic mass is 16.5. The van der Waals surface area contributed by atoms with E-state index < -0.39 is 5.63 Å². The fourth-order valence-corrected chi connectivity index (χ4v) is 1.19. The maximum absolute atomic E-state index is 11.2. The van der Waals surface area contributed by atoms with E-state index in [0.717, 1.165) is 5.56 Å². The minimum Gasteiger partial charge on any atom is -0.481 e. The molecule has 76 valence electrons. The molecule has 0 aliphatic carbocycles. The minimum absolute atomic E-state index is 0.255. The lowest BCUT2D eigenvalue weighted by Crippen LogP contribution is -2.02. The maximum atomic E-state index is 11.2. The minimum atomic E-state index is -0.472. The number of benzene rings is 1. The van der Waals surface area contributed by atoms with Crippen LogP contribution in [-0.4, -0.2) is 12.1 Å². The zero-order chi connectivity index (χ0) is 10.7. The Hall–Kier alpha value is -2.10. The smallest absolute Gasteiger partial charge is 0.342 e. The van der Waals surface area contributed by atoms with Crippen molar-refractivity contribution in [2.24, 2.45) is 0 Å². The number of ether oxygens (including phenoxy) is 1. The van der Waals surface area contributed by atoms with Crippen LogP contribution in [0.1, 0.15) is 0 Å². The Morgan fingerprint density at radius 1 is 1.27 bits per heavy atom. The molecule has 1 heterocycles. The van der Waals surface area contributed by atoms with Crippen LogP contribution in [0.4, 0.5) is 0 Å². The quantitative estimate of drug-likeness (QED) is 0.745. The summed E-state index contributed by atoms with van der Waals surface area (Å²) in [4.78, 5) is 15.2. The Bertz CT molecular complexity index is 505. The molecule has 1 aromatic carbocycles. The van der Waals surface area contributed by atoms with Crippen LogP contribution < -0.4 is 10.4 Å². The Labute approximate surface area is 86.2 Å². The normalized spacial score (nSPS) is 9.93. The lowest BCUT2D eigenvalue weighted by atomic mass is 10.2. The van der Waals surface area contributed by atoms with Crippen molar-refractivity contribution >= 4 is 0 Å². The lowest BCUT2D eigenvalue weighted by Gasteiger charge is -2.00. The molecule has 2 rings (SSSR count). The molecule has 0 aliphatic rings. The summed E-state index contributed by atoms with van der Waals surface area (Å²) in [6.45, 7) is 0. The monoisotopic (exact) mass is 203 g/mol. The Morgan fingerprint density at radius 2 is 2.00 bits per heavy atom. The number of methoxy groups -OCH3 is 1. The number of hydrogen-bond donors (Lipinski definition) is 0. The second-order valence-corrected chi connectivity index (χ2v) is 2.89. The molecular weight excluding hydrogens is 194 g/mol. The molecule has 15 heavy (non-hydrogen) atoms. The molecule has 0 bridgehead atoms. The van der Waals surface area contributed by atoms with Gasteiger partial charge in [-0.15, -0.1) is 0 Å². The van der Waals surface area contributed by atoms with Crippen LogP contribution >= 0.6 is 0 Å². The Morgan fingerprint density at radius 3 is 2.67 bits per heavy atom. The highest BCUT2D eigenvalue weighted by Gasteiger charge is 2.05. The summed E-state index contributed by atoms with van der Waals surface area (Å²) in [7, 11) is 1.45. The Kier molecular flexibility index (Phi) is 2.49. The molecule has 0 amide bonds. The standard InChI is InChI=1S/C11H9NO3/c1-14-9-7-10(13)15-11(12-9)8-5-3-2-4-6-8/h2-7H,1H3. The van der Waals surface area contributed by atoms with E-state index in [1.54, 1.807) is 0 Å². The van der Waals surface area contributed by atoms with Crippen LogP contribution in [0, 0.1) is 0 Å². The summed E-state index contributed by atoms with van der Waals surface area (Å²) in [5, 5.41) is 0. The van der Waals surface area contributed by atoms with E-state index in [2.05, 4.69) is 4.98 Å². The van der Waals surface area contributed by atoms with Crippen molar-refractivity contribution in [2.75, 3.05) is 7.11 Å². The highest BCUT2D eigenvalue weighted by molar-refractivity contribution is 5.52. The molecule has 0 spiro atoms. The molecule has 4 heteroatoms. The van der Waals surface area contributed by atoms with Gasteiger partial charge in [-0.3, -0.25) is 0 Å². The molecule has 0 saturated carbocycles. The summed E-state index contributed by atoms with van der Waals surface area (Å²) in [5.41, 5.74) is 0.272. The van der Waals surface area contributed by atoms with E-state index in [1.165, 1.54) is 13.2 Å². The predicted molar refractivity (Wildman–Crippen MR) is 54.8 cm³/mol. The van der Waals surface area contributed by atoms with Gasteiger partial charge < -0.3 is 9.15 Å². The van der Waals surface area contributed by atoms with Gasteiger partial charge in [0.2, 0.25) is 11.8 Å². The Balaban J connectivity index is 2.54. The van der Waals surface area contributed by atoms with E-state index in [0.29, 0.717) is 0 Å². The first kappa shape index (κ1) is 9.45. The zero-order valence-corrected chi connectivity index (χ0v) is 8.14. The van der Waals surface area contributed by atoms with Crippen molar-refractivity contribution in [3.63, 3.8) is 0 Å². The van der Waals surface area contributed by atoms with Crippen LogP contribution in [0.2, 0.25) is 0 Å². The van der Waals surface area contributed by atoms with Gasteiger partial charge in [0.1, 0.15) is 0 Å². The number of nitrogens with zero attached hydrogens (tertiary/aromatic N) is 1. The van der Waals surface area contributed by atoms with Crippen LogP contribution in [0.25, 0.3) is 11.5 Å². The van der Waals surface area contributed by atoms with Gasteiger partial charge in [-0.25, -0.2) is 4.79 Å². The number of hydrogen-bond acceptors (Lipinski definition) is 4. The third-order valence-corrected chi connectivity index (χ3v) is 1.88. The van der Waals surface area contributed by atoms with E-state index >= 15 is 0 Å². The average molecular weight is 203 g/mol. The van der Waals surface area contributed by atoms with Crippen LogP contribution in [0.3, 0.4) is 0 Å². The van der Waals surface area contributed by atoms with Gasteiger partial charge in [-0.2, -0.15) is 4.98 Å². The second-order valence-electron chi connectivity index (χ2n) is 2.89. The average Bonchev–Trinajstić information content (AvgIpc) is 2.29. The highest BCUT2D eigenvalue weighted by Crippen LogP contribution is 2.16. The van der Waals surface area contributed by atoms with Gasteiger partial charge in [-0.05, 0) is 12.1 Å². The van der Waals surface area contributed by atoms with Gasteiger partial charge in [0, 0.05) is 5.56 Å². The van der Waals surface area contributed by atoms with Gasteiger partial charge in [0.25, 0.3) is 0 Å². The van der Waals surface area contributed by atoms with Crippen molar-refractivity contribution in [1.29, 1.82) is 0 Å². The lowest BCUT2D eigenvalue weighted by molar-refractivity contribution is 0.381. The molecule has 2 aromatic rings. The van der Waals surface area contributed by atoms with Crippen LogP contribution in [-0.2, 0) is 0 Å². The fourth-order valence-electron chi connectivity index (χ4n) is 1.19. The van der Waals surface area contributed by atoms with Gasteiger partial charge in [0.05, 0.1) is 13.2 Å². The summed E-state index contributed by atoms with van der Waals surface area (Å²) in [6, 6.07) is 10.4. The molecule has 0 aliphatic heterocycles. The zero-order valence-electron chi connectivity index (χ0n) is 8.14. The first-order chi connectivity index (χ1) is 7.29. The van der Waals surface area contributed by atoms with Crippen molar-refractivity contribution < 1.29 is 9.15 Å². The number of aromatic nitrogens is 1. The molecular formula is C11H9NO3. The topological polar surface area (TPSA) is 52.3 Å². The van der Waals surface area contributed by atoms with Gasteiger partial charge >= 0.3 is 5.63 Å². The van der Waals surface area contributed by atoms with Crippen molar-refractivity contribution in [3.05, 3.63) is 46.8 Å². The molecule has 1 aromatic heterocycles. The molecule has 0 unspecified atom stereocenters. The van der Waals surface area contributed by atoms with Crippen LogP contribution in [0.15, 0.2) is 45.6 Å². The van der Waals surface area contributed by atoms with Gasteiger partial charge in [0.15, 0.2) is 0 Å². The first-order valence-corrected chi connectivity index (χ1v) is 4.41. The molecule has 4 nitrogen and oxygen atoms in total. The predicted octanol–water partition coefficient (Wildman–Crippen LogP) is 1.71. The van der Waals surface area contributed by atoms with Crippen molar-refractivity contribution in [1.82, 2.24) is 4.98 Å². The molecule has 0 radical (unpaired) electrons. The number of rotatable bonds is 2. The van der Waals surface area contributed by atoms with Crippen molar-refractivity contribution in [2.45, 2.75) is 0 Å². The third-order valence-electron chi connectivity index (χ3n) is 1.88. The summed E-state index contributed by atoms with van der Waals surface area (Å²) in [5.74, 6) is 0.519. The second kappa shape index (κ2) is 3.96. The van der Waals surface area contributed by atoms with Crippen LogP contribution in [0.5, 0.6) is 5.88 Å². The molecule has 0 saturated heterocycles. The van der Waals surface area contributed by atoms with E-state index in [9.17, 15) is 4.79 Å². The summed E-state index contributed by atoms with van der Waals surface area (Å²) >= 11 is 0. The molecule has 0 atom stereocenters. The molecule has 0 N–H and O–H groups in total. The van der Waals surface area contributed by atoms with E-state index in [4.69, 9.17) is 9.15 Å². The summed E-state index contributed by atoms with van der Waals surface area (Å²) in [6.07, 6.45) is 0. The van der Waals surface area contributed by atoms with E-state index in [1.807, 2.05) is 30.3 Å². The summed E-state index contributed by atoms with van der Waals surface area (Å²) < 4.78 is 9.85. The maximum Gasteiger partial charge on any atom is 0.342 e. The third kappa shape index (κ3) is 2.04. The fraction of sp³-hybridized carbons (Fsp3) is 0.0909. The van der Waals surface area contributed by atoms with Crippen molar-refractivity contribution in [3.8, 4) is 17.3 Å². The van der Waals surface area contributed by atoms with E-state index in [-0.39, 0.29) is 11.8 Å². The SMILES string of the molecule is COc1cc(=O)oc(-c2ccccc2)n1. The molecule has 0 fully saturated rings. The van der Waals surface area contributed by atoms with Gasteiger partial charge in [-0.1, -0.05) is 18.2 Å². The largest absolute Gasteiger partial charge is 0.481 e.